The largest absolute Gasteiger partial charge is 0.336 e. The molecule has 0 spiro atoms. The van der Waals surface area contributed by atoms with Crippen LogP contribution < -0.4 is 0 Å². The minimum atomic E-state index is 0.0419. The molecular formula is C21H25N5O. The zero-order valence-corrected chi connectivity index (χ0v) is 16.4. The molecule has 140 valence electrons. The van der Waals surface area contributed by atoms with Crippen LogP contribution in [-0.4, -0.2) is 63.5 Å². The third-order valence-corrected chi connectivity index (χ3v) is 5.39. The van der Waals surface area contributed by atoms with Crippen molar-refractivity contribution in [2.45, 2.75) is 20.8 Å². The number of hydrogen-bond acceptors (Lipinski definition) is 4. The molecule has 1 amide bonds. The van der Waals surface area contributed by atoms with Crippen molar-refractivity contribution in [2.75, 3.05) is 33.2 Å². The first-order valence-corrected chi connectivity index (χ1v) is 9.35. The van der Waals surface area contributed by atoms with Gasteiger partial charge < -0.3 is 9.80 Å². The molecule has 0 N–H and O–H groups in total. The third-order valence-electron chi connectivity index (χ3n) is 5.39. The molecule has 3 heterocycles. The summed E-state index contributed by atoms with van der Waals surface area (Å²) >= 11 is 0. The van der Waals surface area contributed by atoms with Crippen molar-refractivity contribution >= 4 is 11.6 Å². The van der Waals surface area contributed by atoms with Crippen LogP contribution in [0.1, 0.15) is 27.3 Å². The summed E-state index contributed by atoms with van der Waals surface area (Å²) in [6.45, 7) is 9.32. The Balaban J connectivity index is 1.76. The third kappa shape index (κ3) is 3.10. The quantitative estimate of drug-likeness (QED) is 0.702. The smallest absolute Gasteiger partial charge is 0.257 e. The standard InChI is InChI=1S/C21H25N5O/c1-14-6-5-7-17(12-14)19-15(2)23-26-16(3)18(13-22-20(19)26)21(27)25-10-8-24(4)9-11-25/h5-7,12-13H,8-11H2,1-4H3. The van der Waals surface area contributed by atoms with Crippen LogP contribution in [0, 0.1) is 20.8 Å². The summed E-state index contributed by atoms with van der Waals surface area (Å²) in [7, 11) is 2.08. The molecule has 2 aromatic heterocycles. The maximum atomic E-state index is 13.0. The van der Waals surface area contributed by atoms with Crippen LogP contribution in [0.3, 0.4) is 0 Å². The molecule has 3 aromatic rings. The Morgan fingerprint density at radius 1 is 1.07 bits per heavy atom. The van der Waals surface area contributed by atoms with E-state index in [9.17, 15) is 4.79 Å². The average molecular weight is 363 g/mol. The van der Waals surface area contributed by atoms with E-state index in [1.54, 1.807) is 6.20 Å². The number of aryl methyl sites for hydroxylation is 3. The number of hydrogen-bond donors (Lipinski definition) is 0. The fourth-order valence-electron chi connectivity index (χ4n) is 3.73. The van der Waals surface area contributed by atoms with Crippen LogP contribution in [-0.2, 0) is 0 Å². The monoisotopic (exact) mass is 363 g/mol. The van der Waals surface area contributed by atoms with E-state index >= 15 is 0 Å². The maximum absolute atomic E-state index is 13.0. The summed E-state index contributed by atoms with van der Waals surface area (Å²) in [4.78, 5) is 21.8. The molecule has 1 fully saturated rings. The number of benzene rings is 1. The SMILES string of the molecule is Cc1cccc(-c2c(C)nn3c(C)c(C(=O)N4CCN(C)CC4)cnc23)c1. The second kappa shape index (κ2) is 6.78. The zero-order valence-electron chi connectivity index (χ0n) is 16.4. The Morgan fingerprint density at radius 2 is 1.81 bits per heavy atom. The minimum Gasteiger partial charge on any atom is -0.336 e. The Kier molecular flexibility index (Phi) is 4.44. The van der Waals surface area contributed by atoms with Crippen molar-refractivity contribution in [3.63, 3.8) is 0 Å². The van der Waals surface area contributed by atoms with E-state index in [4.69, 9.17) is 5.10 Å². The van der Waals surface area contributed by atoms with Crippen LogP contribution in [0.4, 0.5) is 0 Å². The number of amides is 1. The lowest BCUT2D eigenvalue weighted by molar-refractivity contribution is 0.0662. The van der Waals surface area contributed by atoms with Crippen molar-refractivity contribution in [2.24, 2.45) is 0 Å². The fraction of sp³-hybridized carbons (Fsp3) is 0.381. The van der Waals surface area contributed by atoms with Gasteiger partial charge in [-0.05, 0) is 33.4 Å². The molecule has 27 heavy (non-hydrogen) atoms. The molecule has 0 saturated carbocycles. The van der Waals surface area contributed by atoms with E-state index in [0.29, 0.717) is 5.56 Å². The summed E-state index contributed by atoms with van der Waals surface area (Å²) in [5, 5.41) is 4.69. The molecule has 6 nitrogen and oxygen atoms in total. The highest BCUT2D eigenvalue weighted by molar-refractivity contribution is 5.95. The first-order chi connectivity index (χ1) is 13.0. The van der Waals surface area contributed by atoms with Crippen molar-refractivity contribution in [3.8, 4) is 11.1 Å². The van der Waals surface area contributed by atoms with Gasteiger partial charge in [0, 0.05) is 37.9 Å². The highest BCUT2D eigenvalue weighted by Gasteiger charge is 2.24. The Labute approximate surface area is 159 Å². The second-order valence-electron chi connectivity index (χ2n) is 7.42. The van der Waals surface area contributed by atoms with Gasteiger partial charge in [0.1, 0.15) is 0 Å². The van der Waals surface area contributed by atoms with Crippen LogP contribution in [0.15, 0.2) is 30.5 Å². The molecule has 0 bridgehead atoms. The van der Waals surface area contributed by atoms with E-state index in [0.717, 1.165) is 54.3 Å². The van der Waals surface area contributed by atoms with E-state index < -0.39 is 0 Å². The van der Waals surface area contributed by atoms with Gasteiger partial charge in [-0.15, -0.1) is 0 Å². The molecular weight excluding hydrogens is 338 g/mol. The molecule has 0 unspecified atom stereocenters. The van der Waals surface area contributed by atoms with Crippen LogP contribution in [0.25, 0.3) is 16.8 Å². The van der Waals surface area contributed by atoms with E-state index in [2.05, 4.69) is 42.1 Å². The predicted octanol–water partition coefficient (Wildman–Crippen LogP) is 2.71. The number of fused-ring (bicyclic) bond motifs is 1. The number of aromatic nitrogens is 3. The zero-order chi connectivity index (χ0) is 19.1. The van der Waals surface area contributed by atoms with E-state index in [-0.39, 0.29) is 5.91 Å². The van der Waals surface area contributed by atoms with Crippen molar-refractivity contribution < 1.29 is 4.79 Å². The summed E-state index contributed by atoms with van der Waals surface area (Å²) in [5.74, 6) is 0.0419. The molecule has 0 aliphatic carbocycles. The first-order valence-electron chi connectivity index (χ1n) is 9.35. The number of nitrogens with zero attached hydrogens (tertiary/aromatic N) is 5. The van der Waals surface area contributed by atoms with E-state index in [1.165, 1.54) is 5.56 Å². The van der Waals surface area contributed by atoms with Gasteiger partial charge in [0.25, 0.3) is 5.91 Å². The molecule has 1 aliphatic heterocycles. The van der Waals surface area contributed by atoms with E-state index in [1.807, 2.05) is 29.3 Å². The lowest BCUT2D eigenvalue weighted by atomic mass is 10.0. The minimum absolute atomic E-state index is 0.0419. The maximum Gasteiger partial charge on any atom is 0.257 e. The van der Waals surface area contributed by atoms with Crippen molar-refractivity contribution in [3.05, 3.63) is 53.0 Å². The molecule has 1 aliphatic rings. The van der Waals surface area contributed by atoms with Gasteiger partial charge in [-0.3, -0.25) is 4.79 Å². The van der Waals surface area contributed by atoms with Crippen LogP contribution >= 0.6 is 0 Å². The topological polar surface area (TPSA) is 53.7 Å². The molecule has 6 heteroatoms. The van der Waals surface area contributed by atoms with Gasteiger partial charge in [0.15, 0.2) is 5.65 Å². The van der Waals surface area contributed by atoms with Gasteiger partial charge in [0.2, 0.25) is 0 Å². The van der Waals surface area contributed by atoms with Crippen molar-refractivity contribution in [1.82, 2.24) is 24.4 Å². The van der Waals surface area contributed by atoms with Gasteiger partial charge in [-0.1, -0.05) is 29.8 Å². The van der Waals surface area contributed by atoms with Gasteiger partial charge in [-0.25, -0.2) is 9.50 Å². The summed E-state index contributed by atoms with van der Waals surface area (Å²) in [5.41, 5.74) is 6.51. The summed E-state index contributed by atoms with van der Waals surface area (Å²) in [6, 6.07) is 8.35. The van der Waals surface area contributed by atoms with Gasteiger partial charge in [0.05, 0.1) is 17.0 Å². The lowest BCUT2D eigenvalue weighted by Gasteiger charge is -2.32. The number of rotatable bonds is 2. The van der Waals surface area contributed by atoms with Crippen LogP contribution in [0.5, 0.6) is 0 Å². The molecule has 0 radical (unpaired) electrons. The fourth-order valence-corrected chi connectivity index (χ4v) is 3.73. The highest BCUT2D eigenvalue weighted by Crippen LogP contribution is 2.29. The molecule has 1 saturated heterocycles. The Bertz CT molecular complexity index is 1010. The van der Waals surface area contributed by atoms with Gasteiger partial charge in [-0.2, -0.15) is 5.10 Å². The van der Waals surface area contributed by atoms with Crippen LogP contribution in [0.2, 0.25) is 0 Å². The molecule has 0 atom stereocenters. The predicted molar refractivity (Wildman–Crippen MR) is 106 cm³/mol. The summed E-state index contributed by atoms with van der Waals surface area (Å²) < 4.78 is 1.82. The average Bonchev–Trinajstić information content (AvgIpc) is 2.99. The normalized spacial score (nSPS) is 15.5. The Morgan fingerprint density at radius 3 is 2.52 bits per heavy atom. The number of carbonyl (C=O) groups is 1. The number of piperazine rings is 1. The number of likely N-dealkylation sites (N-methyl/N-ethyl adjacent to an activating group) is 1. The van der Waals surface area contributed by atoms with Gasteiger partial charge >= 0.3 is 0 Å². The highest BCUT2D eigenvalue weighted by atomic mass is 16.2. The second-order valence-corrected chi connectivity index (χ2v) is 7.42. The van der Waals surface area contributed by atoms with Crippen molar-refractivity contribution in [1.29, 1.82) is 0 Å². The molecule has 1 aromatic carbocycles. The first kappa shape index (κ1) is 17.7. The lowest BCUT2D eigenvalue weighted by Crippen LogP contribution is -2.47. The Hall–Kier alpha value is -2.73. The summed E-state index contributed by atoms with van der Waals surface area (Å²) in [6.07, 6.45) is 1.71. The number of carbonyl (C=O) groups excluding carboxylic acids is 1. The molecule has 4 rings (SSSR count).